The number of aryl methyl sites for hydroxylation is 1. The third kappa shape index (κ3) is 2.74. The van der Waals surface area contributed by atoms with Gasteiger partial charge < -0.3 is 0 Å². The van der Waals surface area contributed by atoms with Crippen molar-refractivity contribution in [3.63, 3.8) is 0 Å². The summed E-state index contributed by atoms with van der Waals surface area (Å²) in [5.74, 6) is 0.686. The standard InChI is InChI=1S/C11H13N5.C2H6/c1-8(2)16-11(12-3)5-10(14-16)9-6-13-15(4)7-9;1-2/h5-7H,1,3H2,2,4H3;1-2H3. The van der Waals surface area contributed by atoms with E-state index >= 15 is 0 Å². The van der Waals surface area contributed by atoms with Crippen LogP contribution in [0.1, 0.15) is 20.8 Å². The van der Waals surface area contributed by atoms with Crippen molar-refractivity contribution < 1.29 is 0 Å². The summed E-state index contributed by atoms with van der Waals surface area (Å²) >= 11 is 0. The Balaban J connectivity index is 0.000000771. The van der Waals surface area contributed by atoms with Gasteiger partial charge in [-0.05, 0) is 13.6 Å². The van der Waals surface area contributed by atoms with Crippen molar-refractivity contribution in [1.29, 1.82) is 0 Å². The number of nitrogens with zero attached hydrogens (tertiary/aromatic N) is 5. The maximum Gasteiger partial charge on any atom is 0.155 e. The predicted molar refractivity (Wildman–Crippen MR) is 76.0 cm³/mol. The lowest BCUT2D eigenvalue weighted by molar-refractivity contribution is 0.768. The summed E-state index contributed by atoms with van der Waals surface area (Å²) in [5, 5.41) is 8.50. The van der Waals surface area contributed by atoms with E-state index in [4.69, 9.17) is 0 Å². The van der Waals surface area contributed by atoms with E-state index in [0.717, 1.165) is 17.0 Å². The van der Waals surface area contributed by atoms with E-state index in [1.807, 2.05) is 40.1 Å². The predicted octanol–water partition coefficient (Wildman–Crippen LogP) is 3.13. The van der Waals surface area contributed by atoms with Gasteiger partial charge in [-0.2, -0.15) is 10.2 Å². The van der Waals surface area contributed by atoms with Gasteiger partial charge in [0.25, 0.3) is 0 Å². The molecule has 0 bridgehead atoms. The molecule has 0 unspecified atom stereocenters. The van der Waals surface area contributed by atoms with Crippen LogP contribution in [-0.2, 0) is 7.05 Å². The van der Waals surface area contributed by atoms with E-state index in [-0.39, 0.29) is 0 Å². The number of hydrogen-bond acceptors (Lipinski definition) is 3. The molecule has 0 spiro atoms. The second-order valence-electron chi connectivity index (χ2n) is 3.60. The fraction of sp³-hybridized carbons (Fsp3) is 0.308. The average Bonchev–Trinajstić information content (AvgIpc) is 2.97. The van der Waals surface area contributed by atoms with Crippen molar-refractivity contribution in [2.24, 2.45) is 12.0 Å². The van der Waals surface area contributed by atoms with Crippen molar-refractivity contribution in [2.75, 3.05) is 0 Å². The molecule has 0 radical (unpaired) electrons. The smallest absolute Gasteiger partial charge is 0.155 e. The third-order valence-corrected chi connectivity index (χ3v) is 2.21. The normalized spacial score (nSPS) is 9.56. The van der Waals surface area contributed by atoms with Crippen molar-refractivity contribution in [2.45, 2.75) is 20.8 Å². The minimum Gasteiger partial charge on any atom is -0.275 e. The van der Waals surface area contributed by atoms with Gasteiger partial charge in [0.05, 0.1) is 11.9 Å². The zero-order chi connectivity index (χ0) is 13.7. The molecular weight excluding hydrogens is 226 g/mol. The zero-order valence-corrected chi connectivity index (χ0v) is 11.4. The highest BCUT2D eigenvalue weighted by molar-refractivity contribution is 5.64. The van der Waals surface area contributed by atoms with Crippen LogP contribution in [0.2, 0.25) is 0 Å². The minimum absolute atomic E-state index is 0.686. The molecule has 2 aromatic rings. The second-order valence-corrected chi connectivity index (χ2v) is 3.60. The largest absolute Gasteiger partial charge is 0.275 e. The van der Waals surface area contributed by atoms with Gasteiger partial charge in [-0.3, -0.25) is 4.68 Å². The first kappa shape index (κ1) is 13.9. The van der Waals surface area contributed by atoms with Gasteiger partial charge in [0.2, 0.25) is 0 Å². The first-order valence-electron chi connectivity index (χ1n) is 5.83. The number of aliphatic imine (C=N–C) groups is 1. The van der Waals surface area contributed by atoms with Crippen LogP contribution in [0.4, 0.5) is 5.82 Å². The fourth-order valence-corrected chi connectivity index (χ4v) is 1.46. The van der Waals surface area contributed by atoms with Crippen LogP contribution >= 0.6 is 0 Å². The first-order chi connectivity index (χ1) is 8.61. The van der Waals surface area contributed by atoms with Gasteiger partial charge in [0, 0.05) is 30.6 Å². The van der Waals surface area contributed by atoms with Crippen LogP contribution < -0.4 is 0 Å². The Morgan fingerprint density at radius 2 is 2.06 bits per heavy atom. The monoisotopic (exact) mass is 245 g/mol. The van der Waals surface area contributed by atoms with Crippen LogP contribution in [-0.4, -0.2) is 26.3 Å². The molecule has 18 heavy (non-hydrogen) atoms. The number of hydrogen-bond donors (Lipinski definition) is 0. The van der Waals surface area contributed by atoms with Crippen molar-refractivity contribution in [1.82, 2.24) is 19.6 Å². The Kier molecular flexibility index (Phi) is 4.59. The highest BCUT2D eigenvalue weighted by Gasteiger charge is 2.09. The van der Waals surface area contributed by atoms with E-state index in [1.54, 1.807) is 15.6 Å². The molecule has 2 heterocycles. The molecule has 96 valence electrons. The maximum absolute atomic E-state index is 4.39. The molecule has 5 heteroatoms. The molecular formula is C13H19N5. The summed E-state index contributed by atoms with van der Waals surface area (Å²) in [6.45, 7) is 13.2. The molecule has 0 aliphatic heterocycles. The number of allylic oxidation sites excluding steroid dienone is 1. The molecule has 0 atom stereocenters. The second kappa shape index (κ2) is 5.95. The fourth-order valence-electron chi connectivity index (χ4n) is 1.46. The Morgan fingerprint density at radius 1 is 1.39 bits per heavy atom. The SMILES string of the molecule is C=Nc1cc(-c2cnn(C)c2)nn1C(=C)C.CC. The maximum atomic E-state index is 4.39. The van der Waals surface area contributed by atoms with Gasteiger partial charge in [0.1, 0.15) is 0 Å². The molecule has 0 aliphatic rings. The van der Waals surface area contributed by atoms with E-state index in [0.29, 0.717) is 5.82 Å². The molecule has 2 rings (SSSR count). The van der Waals surface area contributed by atoms with E-state index in [9.17, 15) is 0 Å². The van der Waals surface area contributed by atoms with Crippen molar-refractivity contribution in [3.05, 3.63) is 25.0 Å². The molecule has 5 nitrogen and oxygen atoms in total. The Bertz CT molecular complexity index is 547. The lowest BCUT2D eigenvalue weighted by Crippen LogP contribution is -1.93. The molecule has 0 aromatic carbocycles. The number of aromatic nitrogens is 4. The van der Waals surface area contributed by atoms with Crippen LogP contribution in [0.5, 0.6) is 0 Å². The Morgan fingerprint density at radius 3 is 2.44 bits per heavy atom. The summed E-state index contributed by atoms with van der Waals surface area (Å²) in [6.07, 6.45) is 3.66. The highest BCUT2D eigenvalue weighted by atomic mass is 15.3. The van der Waals surface area contributed by atoms with Gasteiger partial charge >= 0.3 is 0 Å². The summed E-state index contributed by atoms with van der Waals surface area (Å²) in [5.41, 5.74) is 2.57. The van der Waals surface area contributed by atoms with Gasteiger partial charge in [-0.1, -0.05) is 20.4 Å². The number of rotatable bonds is 3. The average molecular weight is 245 g/mol. The van der Waals surface area contributed by atoms with Crippen LogP contribution in [0.25, 0.3) is 17.0 Å². The van der Waals surface area contributed by atoms with Gasteiger partial charge in [-0.15, -0.1) is 0 Å². The van der Waals surface area contributed by atoms with E-state index in [2.05, 4.69) is 28.5 Å². The molecule has 0 fully saturated rings. The first-order valence-corrected chi connectivity index (χ1v) is 5.83. The van der Waals surface area contributed by atoms with E-state index < -0.39 is 0 Å². The Labute approximate surface area is 107 Å². The summed E-state index contributed by atoms with van der Waals surface area (Å²) in [4.78, 5) is 3.91. The molecule has 0 amide bonds. The van der Waals surface area contributed by atoms with E-state index in [1.165, 1.54) is 0 Å². The summed E-state index contributed by atoms with van der Waals surface area (Å²) in [7, 11) is 1.87. The third-order valence-electron chi connectivity index (χ3n) is 2.21. The van der Waals surface area contributed by atoms with Crippen LogP contribution in [0, 0.1) is 0 Å². The van der Waals surface area contributed by atoms with Crippen LogP contribution in [0.3, 0.4) is 0 Å². The van der Waals surface area contributed by atoms with Crippen molar-refractivity contribution in [3.8, 4) is 11.3 Å². The molecule has 2 aromatic heterocycles. The molecule has 0 saturated carbocycles. The summed E-state index contributed by atoms with van der Waals surface area (Å²) in [6, 6.07) is 1.86. The van der Waals surface area contributed by atoms with Crippen molar-refractivity contribution >= 4 is 18.2 Å². The molecule has 0 aliphatic carbocycles. The molecule has 0 saturated heterocycles. The van der Waals surface area contributed by atoms with Crippen LogP contribution in [0.15, 0.2) is 30.0 Å². The highest BCUT2D eigenvalue weighted by Crippen LogP contribution is 2.24. The lowest BCUT2D eigenvalue weighted by Gasteiger charge is -1.99. The lowest BCUT2D eigenvalue weighted by atomic mass is 10.2. The molecule has 0 N–H and O–H groups in total. The topological polar surface area (TPSA) is 48.0 Å². The zero-order valence-electron chi connectivity index (χ0n) is 11.4. The quantitative estimate of drug-likeness (QED) is 0.780. The minimum atomic E-state index is 0.686. The van der Waals surface area contributed by atoms with Gasteiger partial charge in [-0.25, -0.2) is 9.67 Å². The summed E-state index contributed by atoms with van der Waals surface area (Å²) < 4.78 is 3.39. The Hall–Kier alpha value is -2.17. The van der Waals surface area contributed by atoms with Gasteiger partial charge in [0.15, 0.2) is 5.82 Å².